The number of aromatic nitrogens is 2. The molecule has 0 saturated heterocycles. The van der Waals surface area contributed by atoms with Crippen molar-refractivity contribution in [3.63, 3.8) is 0 Å². The summed E-state index contributed by atoms with van der Waals surface area (Å²) in [6, 6.07) is 22.5. The first-order chi connectivity index (χ1) is 14.6. The van der Waals surface area contributed by atoms with Crippen molar-refractivity contribution in [1.29, 1.82) is 0 Å². The second-order valence-electron chi connectivity index (χ2n) is 7.05. The topological polar surface area (TPSA) is 68.0 Å². The van der Waals surface area contributed by atoms with Crippen molar-refractivity contribution >= 4 is 5.91 Å². The van der Waals surface area contributed by atoms with Crippen LogP contribution in [0.2, 0.25) is 0 Å². The zero-order valence-electron chi connectivity index (χ0n) is 16.4. The Labute approximate surface area is 173 Å². The molecule has 1 heterocycles. The van der Waals surface area contributed by atoms with Gasteiger partial charge in [0.25, 0.3) is 5.91 Å². The fraction of sp³-hybridized carbons (Fsp3) is 0.125. The van der Waals surface area contributed by atoms with Gasteiger partial charge in [-0.3, -0.25) is 4.79 Å². The van der Waals surface area contributed by atoms with Crippen molar-refractivity contribution in [3.05, 3.63) is 107 Å². The molecule has 1 N–H and O–H groups in total. The highest BCUT2D eigenvalue weighted by atomic mass is 19.1. The molecule has 1 amide bonds. The Morgan fingerprint density at radius 2 is 1.83 bits per heavy atom. The summed E-state index contributed by atoms with van der Waals surface area (Å²) in [5, 5.41) is 6.99. The van der Waals surface area contributed by atoms with Crippen molar-refractivity contribution in [2.45, 2.75) is 19.4 Å². The van der Waals surface area contributed by atoms with Crippen LogP contribution in [-0.2, 0) is 6.42 Å². The van der Waals surface area contributed by atoms with Crippen molar-refractivity contribution in [3.8, 4) is 11.4 Å². The first kappa shape index (κ1) is 19.5. The molecule has 30 heavy (non-hydrogen) atoms. The van der Waals surface area contributed by atoms with E-state index < -0.39 is 17.8 Å². The number of carbonyl (C=O) groups excluding carboxylic acids is 1. The molecule has 6 heteroatoms. The van der Waals surface area contributed by atoms with Crippen LogP contribution in [0.5, 0.6) is 0 Å². The molecule has 150 valence electrons. The van der Waals surface area contributed by atoms with Crippen LogP contribution in [0, 0.1) is 12.7 Å². The zero-order valence-corrected chi connectivity index (χ0v) is 16.4. The molecular weight excluding hydrogens is 381 g/mol. The normalized spacial score (nSPS) is 11.8. The minimum Gasteiger partial charge on any atom is -0.340 e. The van der Waals surface area contributed by atoms with Gasteiger partial charge in [-0.05, 0) is 36.8 Å². The van der Waals surface area contributed by atoms with E-state index in [1.807, 2.05) is 61.5 Å². The molecule has 1 aromatic heterocycles. The molecule has 4 rings (SSSR count). The van der Waals surface area contributed by atoms with E-state index in [1.54, 1.807) is 6.07 Å². The van der Waals surface area contributed by atoms with Crippen LogP contribution in [0.25, 0.3) is 11.4 Å². The van der Waals surface area contributed by atoms with Crippen LogP contribution >= 0.6 is 0 Å². The summed E-state index contributed by atoms with van der Waals surface area (Å²) in [6.45, 7) is 1.99. The van der Waals surface area contributed by atoms with Crippen molar-refractivity contribution in [2.75, 3.05) is 0 Å². The monoisotopic (exact) mass is 401 g/mol. The SMILES string of the molecule is Cc1cccc(-c2noc(C(Cc3ccccc3)NC(=O)c3cccc(F)c3)n2)c1. The molecule has 0 aliphatic heterocycles. The Morgan fingerprint density at radius 3 is 2.60 bits per heavy atom. The first-order valence-electron chi connectivity index (χ1n) is 9.59. The fourth-order valence-corrected chi connectivity index (χ4v) is 3.20. The summed E-state index contributed by atoms with van der Waals surface area (Å²) >= 11 is 0. The Morgan fingerprint density at radius 1 is 1.03 bits per heavy atom. The molecule has 0 aliphatic carbocycles. The van der Waals surface area contributed by atoms with E-state index in [9.17, 15) is 9.18 Å². The highest BCUT2D eigenvalue weighted by Crippen LogP contribution is 2.22. The lowest BCUT2D eigenvalue weighted by Crippen LogP contribution is -2.30. The Hall–Kier alpha value is -3.80. The second-order valence-corrected chi connectivity index (χ2v) is 7.05. The third kappa shape index (κ3) is 4.60. The number of nitrogens with one attached hydrogen (secondary N) is 1. The first-order valence-corrected chi connectivity index (χ1v) is 9.59. The van der Waals surface area contributed by atoms with E-state index in [0.29, 0.717) is 18.1 Å². The van der Waals surface area contributed by atoms with Crippen LogP contribution < -0.4 is 5.32 Å². The summed E-state index contributed by atoms with van der Waals surface area (Å²) in [6.07, 6.45) is 0.456. The van der Waals surface area contributed by atoms with Gasteiger partial charge in [-0.25, -0.2) is 4.39 Å². The summed E-state index contributed by atoms with van der Waals surface area (Å²) in [7, 11) is 0. The number of hydrogen-bond donors (Lipinski definition) is 1. The highest BCUT2D eigenvalue weighted by molar-refractivity contribution is 5.94. The maximum atomic E-state index is 13.5. The summed E-state index contributed by atoms with van der Waals surface area (Å²) in [5.74, 6) is -0.139. The molecule has 5 nitrogen and oxygen atoms in total. The van der Waals surface area contributed by atoms with Gasteiger partial charge in [-0.1, -0.05) is 65.3 Å². The van der Waals surface area contributed by atoms with Gasteiger partial charge in [-0.2, -0.15) is 4.98 Å². The molecule has 1 unspecified atom stereocenters. The maximum absolute atomic E-state index is 13.5. The number of halogens is 1. The predicted octanol–water partition coefficient (Wildman–Crippen LogP) is 4.90. The summed E-state index contributed by atoms with van der Waals surface area (Å²) in [5.41, 5.74) is 3.14. The average Bonchev–Trinajstić information content (AvgIpc) is 3.24. The van der Waals surface area contributed by atoms with Gasteiger partial charge < -0.3 is 9.84 Å². The van der Waals surface area contributed by atoms with E-state index in [0.717, 1.165) is 16.7 Å². The van der Waals surface area contributed by atoms with E-state index in [-0.39, 0.29) is 5.56 Å². The number of hydrogen-bond acceptors (Lipinski definition) is 4. The molecule has 3 aromatic carbocycles. The Bertz CT molecular complexity index is 1160. The third-order valence-corrected chi connectivity index (χ3v) is 4.69. The minimum atomic E-state index is -0.561. The van der Waals surface area contributed by atoms with Gasteiger partial charge in [-0.15, -0.1) is 0 Å². The lowest BCUT2D eigenvalue weighted by molar-refractivity contribution is 0.0927. The van der Waals surface area contributed by atoms with Crippen molar-refractivity contribution in [2.24, 2.45) is 0 Å². The number of rotatable bonds is 6. The number of aryl methyl sites for hydroxylation is 1. The standard InChI is InChI=1S/C24H20FN3O2/c1-16-7-5-10-18(13-16)22-27-24(30-28-22)21(14-17-8-3-2-4-9-17)26-23(29)19-11-6-12-20(25)15-19/h2-13,15,21H,14H2,1H3,(H,26,29). The van der Waals surface area contributed by atoms with E-state index in [1.165, 1.54) is 18.2 Å². The number of nitrogens with zero attached hydrogens (tertiary/aromatic N) is 2. The van der Waals surface area contributed by atoms with E-state index >= 15 is 0 Å². The molecule has 0 saturated carbocycles. The largest absolute Gasteiger partial charge is 0.340 e. The van der Waals surface area contributed by atoms with E-state index in [4.69, 9.17) is 4.52 Å². The smallest absolute Gasteiger partial charge is 0.252 e. The number of carbonyl (C=O) groups is 1. The van der Waals surface area contributed by atoms with Crippen LogP contribution in [0.4, 0.5) is 4.39 Å². The number of amides is 1. The molecule has 0 aliphatic rings. The van der Waals surface area contributed by atoms with Gasteiger partial charge in [0.1, 0.15) is 11.9 Å². The minimum absolute atomic E-state index is 0.228. The van der Waals surface area contributed by atoms with Gasteiger partial charge in [0, 0.05) is 17.5 Å². The number of benzene rings is 3. The quantitative estimate of drug-likeness (QED) is 0.499. The second kappa shape index (κ2) is 8.69. The molecule has 0 bridgehead atoms. The molecule has 0 fully saturated rings. The highest BCUT2D eigenvalue weighted by Gasteiger charge is 2.23. The van der Waals surface area contributed by atoms with Crippen LogP contribution in [-0.4, -0.2) is 16.0 Å². The average molecular weight is 401 g/mol. The van der Waals surface area contributed by atoms with Gasteiger partial charge >= 0.3 is 0 Å². The molecule has 1 atom stereocenters. The summed E-state index contributed by atoms with van der Waals surface area (Å²) in [4.78, 5) is 17.2. The predicted molar refractivity (Wildman–Crippen MR) is 111 cm³/mol. The Balaban J connectivity index is 1.63. The third-order valence-electron chi connectivity index (χ3n) is 4.69. The van der Waals surface area contributed by atoms with Crippen molar-refractivity contribution < 1.29 is 13.7 Å². The zero-order chi connectivity index (χ0) is 20.9. The lowest BCUT2D eigenvalue weighted by Gasteiger charge is -2.15. The maximum Gasteiger partial charge on any atom is 0.252 e. The molecule has 0 radical (unpaired) electrons. The van der Waals surface area contributed by atoms with Crippen LogP contribution in [0.1, 0.15) is 33.4 Å². The van der Waals surface area contributed by atoms with Gasteiger partial charge in [0.05, 0.1) is 0 Å². The Kier molecular flexibility index (Phi) is 5.66. The van der Waals surface area contributed by atoms with Gasteiger partial charge in [0.2, 0.25) is 11.7 Å². The van der Waals surface area contributed by atoms with Crippen LogP contribution in [0.3, 0.4) is 0 Å². The fourth-order valence-electron chi connectivity index (χ4n) is 3.20. The summed E-state index contributed by atoms with van der Waals surface area (Å²) < 4.78 is 19.0. The van der Waals surface area contributed by atoms with Crippen LogP contribution in [0.15, 0.2) is 83.4 Å². The molecular formula is C24H20FN3O2. The molecule has 4 aromatic rings. The van der Waals surface area contributed by atoms with Gasteiger partial charge in [0.15, 0.2) is 0 Å². The lowest BCUT2D eigenvalue weighted by atomic mass is 10.0. The molecule has 0 spiro atoms. The van der Waals surface area contributed by atoms with Crippen molar-refractivity contribution in [1.82, 2.24) is 15.5 Å². The van der Waals surface area contributed by atoms with E-state index in [2.05, 4.69) is 15.5 Å².